The second-order valence-electron chi connectivity index (χ2n) is 10.7. The van der Waals surface area contributed by atoms with E-state index in [1.165, 1.54) is 13.0 Å². The van der Waals surface area contributed by atoms with Gasteiger partial charge in [-0.05, 0) is 51.3 Å². The van der Waals surface area contributed by atoms with E-state index in [0.29, 0.717) is 23.7 Å². The molecule has 0 aromatic rings. The summed E-state index contributed by atoms with van der Waals surface area (Å²) in [6.07, 6.45) is 4.40. The van der Waals surface area contributed by atoms with Crippen molar-refractivity contribution in [3.63, 3.8) is 0 Å². The second-order valence-corrected chi connectivity index (χ2v) is 11.8. The van der Waals surface area contributed by atoms with Crippen LogP contribution in [0.25, 0.3) is 0 Å². The molecule has 45 heavy (non-hydrogen) atoms. The summed E-state index contributed by atoms with van der Waals surface area (Å²) < 4.78 is 45.1. The maximum absolute atomic E-state index is 13.3. The zero-order valence-electron chi connectivity index (χ0n) is 26.5. The summed E-state index contributed by atoms with van der Waals surface area (Å²) in [4.78, 5) is 35.9. The van der Waals surface area contributed by atoms with E-state index < -0.39 is 35.4 Å². The van der Waals surface area contributed by atoms with Gasteiger partial charge in [0, 0.05) is 62.3 Å². The number of amides is 2. The maximum atomic E-state index is 13.3. The van der Waals surface area contributed by atoms with E-state index >= 15 is 0 Å². The fourth-order valence-corrected chi connectivity index (χ4v) is 5.11. The van der Waals surface area contributed by atoms with Gasteiger partial charge in [-0.2, -0.15) is 13.2 Å². The van der Waals surface area contributed by atoms with Gasteiger partial charge in [0.2, 0.25) is 0 Å². The lowest BCUT2D eigenvalue weighted by atomic mass is 10.1. The Hall–Kier alpha value is -3.55. The minimum absolute atomic E-state index is 0.138. The Labute approximate surface area is 268 Å². The maximum Gasteiger partial charge on any atom is 0.420 e. The molecule has 0 aromatic heterocycles. The van der Waals surface area contributed by atoms with Crippen molar-refractivity contribution in [2.45, 2.75) is 46.3 Å². The Morgan fingerprint density at radius 2 is 1.96 bits per heavy atom. The van der Waals surface area contributed by atoms with Crippen molar-refractivity contribution in [1.29, 1.82) is 0 Å². The van der Waals surface area contributed by atoms with E-state index in [1.807, 2.05) is 6.92 Å². The molecule has 2 atom stereocenters. The van der Waals surface area contributed by atoms with Crippen molar-refractivity contribution in [3.8, 4) is 0 Å². The third-order valence-corrected chi connectivity index (χ3v) is 8.29. The fourth-order valence-electron chi connectivity index (χ4n) is 4.33. The van der Waals surface area contributed by atoms with Gasteiger partial charge in [0.05, 0.1) is 23.1 Å². The molecule has 13 heteroatoms. The first-order valence-corrected chi connectivity index (χ1v) is 15.4. The first-order chi connectivity index (χ1) is 21.2. The molecule has 0 aliphatic carbocycles. The van der Waals surface area contributed by atoms with Crippen LogP contribution in [0.4, 0.5) is 13.2 Å². The number of ether oxygens (including phenoxy) is 1. The number of rotatable bonds is 13. The van der Waals surface area contributed by atoms with Gasteiger partial charge in [-0.1, -0.05) is 44.0 Å². The van der Waals surface area contributed by atoms with Gasteiger partial charge in [0.1, 0.15) is 11.5 Å². The number of nitrogens with one attached hydrogen (secondary N) is 2. The van der Waals surface area contributed by atoms with Crippen LogP contribution in [-0.2, 0) is 14.3 Å². The second kappa shape index (κ2) is 17.8. The van der Waals surface area contributed by atoms with Gasteiger partial charge in [-0.25, -0.2) is 0 Å². The minimum Gasteiger partial charge on any atom is -0.507 e. The number of allylic oxidation sites excluding steroid dienone is 7. The molecule has 2 heterocycles. The molecular weight excluding hydrogens is 607 g/mol. The molecule has 1 saturated heterocycles. The van der Waals surface area contributed by atoms with Gasteiger partial charge >= 0.3 is 6.18 Å². The Morgan fingerprint density at radius 1 is 1.29 bits per heavy atom. The Morgan fingerprint density at radius 3 is 2.53 bits per heavy atom. The number of alkyl halides is 3. The predicted molar refractivity (Wildman–Crippen MR) is 174 cm³/mol. The number of halogens is 3. The first kappa shape index (κ1) is 37.6. The van der Waals surface area contributed by atoms with Gasteiger partial charge in [-0.3, -0.25) is 19.5 Å². The summed E-state index contributed by atoms with van der Waals surface area (Å²) in [6, 6.07) is -0.582. The fraction of sp³-hybridized carbons (Fsp3) is 0.469. The zero-order valence-corrected chi connectivity index (χ0v) is 27.4. The van der Waals surface area contributed by atoms with Crippen LogP contribution >= 0.6 is 11.8 Å². The summed E-state index contributed by atoms with van der Waals surface area (Å²) >= 11 is 0.985. The molecule has 2 rings (SSSR count). The van der Waals surface area contributed by atoms with Crippen molar-refractivity contribution < 1.29 is 32.6 Å². The normalized spacial score (nSPS) is 22.8. The molecule has 9 nitrogen and oxygen atoms in total. The quantitative estimate of drug-likeness (QED) is 0.140. The largest absolute Gasteiger partial charge is 0.507 e. The topological polar surface area (TPSA) is 106 Å². The van der Waals surface area contributed by atoms with E-state index in [2.05, 4.69) is 44.7 Å². The van der Waals surface area contributed by atoms with E-state index in [0.717, 1.165) is 56.6 Å². The van der Waals surface area contributed by atoms with E-state index in [1.54, 1.807) is 33.2 Å². The average molecular weight is 652 g/mol. The van der Waals surface area contributed by atoms with Crippen molar-refractivity contribution in [3.05, 3.63) is 81.8 Å². The van der Waals surface area contributed by atoms with E-state index in [9.17, 15) is 27.9 Å². The van der Waals surface area contributed by atoms with Crippen molar-refractivity contribution in [1.82, 2.24) is 20.4 Å². The van der Waals surface area contributed by atoms with Crippen LogP contribution in [0.3, 0.4) is 0 Å². The molecule has 2 aliphatic heterocycles. The van der Waals surface area contributed by atoms with Crippen LogP contribution in [0.2, 0.25) is 0 Å². The Bertz CT molecular complexity index is 1290. The summed E-state index contributed by atoms with van der Waals surface area (Å²) in [7, 11) is 1.69. The molecule has 0 radical (unpaired) electrons. The van der Waals surface area contributed by atoms with Crippen LogP contribution < -0.4 is 10.6 Å². The number of piperazine rings is 1. The summed E-state index contributed by atoms with van der Waals surface area (Å²) in [5, 5.41) is 14.9. The number of aliphatic imine (C=N–C) groups is 1. The molecule has 1 fully saturated rings. The van der Waals surface area contributed by atoms with Gasteiger partial charge < -0.3 is 25.4 Å². The number of carbonyl (C=O) groups is 2. The van der Waals surface area contributed by atoms with Gasteiger partial charge in [0.15, 0.2) is 0 Å². The van der Waals surface area contributed by atoms with Crippen LogP contribution in [0.5, 0.6) is 0 Å². The predicted octanol–water partition coefficient (Wildman–Crippen LogP) is 5.36. The van der Waals surface area contributed by atoms with Crippen LogP contribution in [0.15, 0.2) is 86.8 Å². The summed E-state index contributed by atoms with van der Waals surface area (Å²) in [6.45, 7) is 18.7. The highest BCUT2D eigenvalue weighted by Gasteiger charge is 2.35. The van der Waals surface area contributed by atoms with Gasteiger partial charge in [0.25, 0.3) is 11.8 Å². The number of nitrogens with zero attached hydrogens (tertiary/aromatic N) is 3. The summed E-state index contributed by atoms with van der Waals surface area (Å²) in [5.41, 5.74) is -0.289. The van der Waals surface area contributed by atoms with Crippen molar-refractivity contribution >= 4 is 29.8 Å². The first-order valence-electron chi connectivity index (χ1n) is 14.6. The molecule has 0 spiro atoms. The average Bonchev–Trinajstić information content (AvgIpc) is 2.98. The number of aliphatic hydroxyl groups is 1. The number of hydrogen-bond acceptors (Lipinski definition) is 8. The monoisotopic (exact) mass is 651 g/mol. The minimum atomic E-state index is -4.85. The molecule has 0 aromatic carbocycles. The standard InChI is InChI=1S/C32H44F3N5O4S/c1-8-28(41)26(32(33,34)35)18-22(4)37-31(43)29(9-2)45-24(6)23(5)38-30(42)27-19-25(11-10-21(3)20-36-27)40-14-12-39(13-15-40)16-17-44-7/h8-9,11,18-21,23,41H,1,6,10,12-17H2,2-5,7H3,(H,37,43)(H,38,42)/b22-18+,25-11-,27-19-,28-26-,29-9-,36-20-/t21?,23-/m1/s1. The molecule has 2 amide bonds. The lowest BCUT2D eigenvalue weighted by molar-refractivity contribution is -0.118. The molecule has 2 aliphatic rings. The lowest BCUT2D eigenvalue weighted by Gasteiger charge is -2.37. The smallest absolute Gasteiger partial charge is 0.420 e. The molecule has 1 unspecified atom stereocenters. The molecular formula is C32H44F3N5O4S. The van der Waals surface area contributed by atoms with Crippen molar-refractivity contribution in [2.24, 2.45) is 10.9 Å². The molecule has 0 bridgehead atoms. The third-order valence-electron chi connectivity index (χ3n) is 7.04. The SMILES string of the molecule is C=C/C(O)=C(\C=C(/C)NC(=O)/C(=C/C)SC(=C)[C@@H](C)NC(=O)C1=C/C(N2CCN(CCOC)CC2)=C/CC(C)/C=N\1)C(F)(F)F. The number of carbonyl (C=O) groups excluding carboxylic acids is 2. The zero-order chi connectivity index (χ0) is 33.7. The highest BCUT2D eigenvalue weighted by molar-refractivity contribution is 8.07. The molecule has 248 valence electrons. The number of methoxy groups -OCH3 is 1. The number of aliphatic hydroxyl groups excluding tert-OH is 1. The van der Waals surface area contributed by atoms with Crippen molar-refractivity contribution in [2.75, 3.05) is 46.4 Å². The number of hydrogen-bond donors (Lipinski definition) is 3. The van der Waals surface area contributed by atoms with E-state index in [-0.39, 0.29) is 22.2 Å². The Balaban J connectivity index is 2.09. The van der Waals surface area contributed by atoms with Crippen LogP contribution in [-0.4, -0.2) is 91.6 Å². The molecule has 3 N–H and O–H groups in total. The Kier molecular flexibility index (Phi) is 14.9. The van der Waals surface area contributed by atoms with Crippen LogP contribution in [0.1, 0.15) is 34.1 Å². The lowest BCUT2D eigenvalue weighted by Crippen LogP contribution is -2.46. The number of thioether (sulfide) groups is 1. The van der Waals surface area contributed by atoms with Crippen LogP contribution in [0, 0.1) is 5.92 Å². The summed E-state index contributed by atoms with van der Waals surface area (Å²) in [5.74, 6) is -2.00. The highest BCUT2D eigenvalue weighted by Crippen LogP contribution is 2.30. The molecule has 0 saturated carbocycles. The highest BCUT2D eigenvalue weighted by atomic mass is 32.2. The van der Waals surface area contributed by atoms with E-state index in [4.69, 9.17) is 4.74 Å². The third kappa shape index (κ3) is 12.0. The van der Waals surface area contributed by atoms with Gasteiger partial charge in [-0.15, -0.1) is 0 Å².